The Hall–Kier alpha value is 0.554. The molecule has 0 saturated carbocycles. The molecule has 0 aliphatic heterocycles. The molecule has 0 heterocycles. The van der Waals surface area contributed by atoms with Gasteiger partial charge in [0.2, 0.25) is 0 Å². The second-order valence-corrected chi connectivity index (χ2v) is 42.9. The molecule has 0 aromatic heterocycles. The molecular weight excluding hydrogens is 941 g/mol. The molecule has 0 radical (unpaired) electrons. The number of halogens is 6. The third-order valence-electron chi connectivity index (χ3n) is 11.2. The van der Waals surface area contributed by atoms with Crippen LogP contribution < -0.4 is 0 Å². The van der Waals surface area contributed by atoms with Crippen LogP contribution >= 0.6 is 60.4 Å². The molecule has 0 spiro atoms. The van der Waals surface area contributed by atoms with E-state index in [0.717, 1.165) is 25.7 Å². The summed E-state index contributed by atoms with van der Waals surface area (Å²) >= 11 is 10.2. The fourth-order valence-electron chi connectivity index (χ4n) is 8.83. The first-order valence-electron chi connectivity index (χ1n) is 22.5. The normalized spacial score (nSPS) is 13.8. The summed E-state index contributed by atoms with van der Waals surface area (Å²) in [5, 5.41) is 0. The molecule has 2 rings (SSSR count). The van der Waals surface area contributed by atoms with E-state index >= 15 is 0 Å². The van der Waals surface area contributed by atoms with Gasteiger partial charge in [-0.15, -0.1) is 29.8 Å². The van der Waals surface area contributed by atoms with E-state index in [1.807, 2.05) is 13.8 Å². The number of benzene rings is 2. The summed E-state index contributed by atoms with van der Waals surface area (Å²) < 4.78 is 11.3. The number of alkyl halides is 2. The zero-order chi connectivity index (χ0) is 51.0. The fraction of sp³-hybridized carbons (Fsp3) is 0.741. The Bertz CT molecular complexity index is 1620. The summed E-state index contributed by atoms with van der Waals surface area (Å²) in [4.78, 5) is -0.385. The molecule has 9 heteroatoms. The van der Waals surface area contributed by atoms with Crippen molar-refractivity contribution < 1.29 is 21.8 Å². The number of allylic oxidation sites excluding steroid dienone is 1. The number of hydrogen-bond donors (Lipinski definition) is 0. The molecule has 368 valence electrons. The summed E-state index contributed by atoms with van der Waals surface area (Å²) in [5.41, 5.74) is 9.13. The van der Waals surface area contributed by atoms with E-state index in [1.165, 1.54) is 39.0 Å². The van der Waals surface area contributed by atoms with Crippen LogP contribution in [0.15, 0.2) is 48.6 Å². The molecule has 2 nitrogen and oxygen atoms in total. The van der Waals surface area contributed by atoms with Crippen LogP contribution in [0.1, 0.15) is 225 Å². The molecule has 2 aromatic rings. The van der Waals surface area contributed by atoms with Gasteiger partial charge in [0.15, 0.2) is 0 Å². The minimum atomic E-state index is -3.11. The van der Waals surface area contributed by atoms with E-state index in [9.17, 15) is 0 Å². The summed E-state index contributed by atoms with van der Waals surface area (Å²) in [5.74, 6) is 0. The average Bonchev–Trinajstić information content (AvgIpc) is 2.99. The van der Waals surface area contributed by atoms with E-state index in [-0.39, 0.29) is 53.4 Å². The van der Waals surface area contributed by atoms with Crippen molar-refractivity contribution in [1.82, 2.24) is 0 Å². The van der Waals surface area contributed by atoms with Crippen molar-refractivity contribution in [3.05, 3.63) is 81.9 Å². The zero-order valence-corrected chi connectivity index (χ0v) is 51.2. The predicted molar refractivity (Wildman–Crippen MR) is 286 cm³/mol. The third-order valence-corrected chi connectivity index (χ3v) is 11.5. The van der Waals surface area contributed by atoms with Crippen LogP contribution in [0.25, 0.3) is 0 Å². The van der Waals surface area contributed by atoms with Crippen LogP contribution in [-0.4, -0.2) is 24.0 Å². The first-order chi connectivity index (χ1) is 27.3. The van der Waals surface area contributed by atoms with Crippen molar-refractivity contribution in [2.45, 2.75) is 234 Å². The van der Waals surface area contributed by atoms with Gasteiger partial charge in [0.25, 0.3) is 0 Å². The minimum absolute atomic E-state index is 0.0470. The van der Waals surface area contributed by atoms with Gasteiger partial charge in [-0.2, -0.15) is 0 Å². The van der Waals surface area contributed by atoms with Gasteiger partial charge in [-0.25, -0.2) is 0 Å². The van der Waals surface area contributed by atoms with Crippen molar-refractivity contribution in [3.8, 4) is 0 Å². The molecule has 0 fully saturated rings. The second-order valence-electron chi connectivity index (χ2n) is 25.4. The molecule has 0 N–H and O–H groups in total. The van der Waals surface area contributed by atoms with Crippen molar-refractivity contribution in [2.75, 3.05) is 14.2 Å². The van der Waals surface area contributed by atoms with Crippen LogP contribution in [0.2, 0.25) is 0 Å². The average molecular weight is 1040 g/mol. The van der Waals surface area contributed by atoms with Gasteiger partial charge >= 0.3 is 49.6 Å². The quantitative estimate of drug-likeness (QED) is 0.107. The summed E-state index contributed by atoms with van der Waals surface area (Å²) in [6.07, 6.45) is 4.17. The van der Waals surface area contributed by atoms with Crippen molar-refractivity contribution in [1.29, 1.82) is 0 Å². The summed E-state index contributed by atoms with van der Waals surface area (Å²) in [7, 11) is 23.6. The predicted octanol–water partition coefficient (Wildman–Crippen LogP) is 20.3. The fourth-order valence-corrected chi connectivity index (χ4v) is 9.55. The van der Waals surface area contributed by atoms with Crippen molar-refractivity contribution in [3.63, 3.8) is 0 Å². The molecular formula is C54H94Cl6O2Ti. The van der Waals surface area contributed by atoms with Gasteiger partial charge in [-0.3, -0.25) is 0 Å². The molecule has 63 heavy (non-hydrogen) atoms. The number of hydrogen-bond acceptors (Lipinski definition) is 2. The molecule has 2 aromatic carbocycles. The van der Waals surface area contributed by atoms with E-state index in [1.54, 1.807) is 14.2 Å². The standard InChI is InChI=1S/C32H56Cl2.C18H30O2.C4H8.4ClH.Ti/c1-26(2,3)23-16-24(29(8,9)19-27(4,5)21-31(12,13)33)18-25(17-23)30(10,11)20-28(6,7)22-32(14,15)34;1-16(2,3)13-10-14(17(4,5)19-8)12-15(11-13)18(6,7)20-9;1-4(2)3;;;;;/h16-18H,19-22H2,1-15H3;10-12H,1-9H3;1H2,2-3H3;4*1H;/q;;;;;;;+4/p-4. The second kappa shape index (κ2) is 23.9. The Morgan fingerprint density at radius 3 is 0.810 bits per heavy atom. The van der Waals surface area contributed by atoms with Gasteiger partial charge in [0.05, 0.1) is 11.2 Å². The van der Waals surface area contributed by atoms with E-state index in [2.05, 4.69) is 195 Å². The molecule has 0 saturated heterocycles. The van der Waals surface area contributed by atoms with Gasteiger partial charge in [-0.05, 0) is 161 Å². The Balaban J connectivity index is 0. The Morgan fingerprint density at radius 2 is 0.619 bits per heavy atom. The van der Waals surface area contributed by atoms with E-state index in [4.69, 9.17) is 69.9 Å². The Labute approximate surface area is 420 Å². The molecule has 0 aliphatic rings. The topological polar surface area (TPSA) is 18.5 Å². The zero-order valence-electron chi connectivity index (χ0n) is 45.1. The van der Waals surface area contributed by atoms with E-state index in [0.29, 0.717) is 0 Å². The number of methoxy groups -OCH3 is 2. The van der Waals surface area contributed by atoms with Crippen LogP contribution in [-0.2, 0) is 54.7 Å². The first-order valence-corrected chi connectivity index (χ1v) is 31.9. The molecule has 0 aliphatic carbocycles. The first kappa shape index (κ1) is 65.6. The van der Waals surface area contributed by atoms with E-state index < -0.39 is 12.3 Å². The maximum absolute atomic E-state index is 6.66. The molecule has 0 bridgehead atoms. The molecule has 0 amide bonds. The summed E-state index contributed by atoms with van der Waals surface area (Å²) in [6, 6.07) is 14.1. The SMILES string of the molecule is C=C(C)C.CC(C)(Cl)CC(C)(C)CC(C)(C)c1cc(C(C)(C)C)cc(C(C)(C)CC(C)(C)CC(C)(C)Cl)c1.COC(C)(C)c1cc(C(C)(C)C)cc(C(C)(C)OC)c1.[Cl][Ti]([Cl])([Cl])[Cl]. The Kier molecular flexibility index (Phi) is 24.9. The molecule has 0 unspecified atom stereocenters. The van der Waals surface area contributed by atoms with Gasteiger partial charge in [0.1, 0.15) is 0 Å². The van der Waals surface area contributed by atoms with Crippen LogP contribution in [0.5, 0.6) is 0 Å². The monoisotopic (exact) mass is 1030 g/mol. The third kappa shape index (κ3) is 28.0. The van der Waals surface area contributed by atoms with Gasteiger partial charge in [-0.1, -0.05) is 139 Å². The van der Waals surface area contributed by atoms with Crippen LogP contribution in [0, 0.1) is 10.8 Å². The van der Waals surface area contributed by atoms with Gasteiger partial charge in [0, 0.05) is 24.0 Å². The molecule has 0 atom stereocenters. The summed E-state index contributed by atoms with van der Waals surface area (Å²) in [6.45, 7) is 57.2. The van der Waals surface area contributed by atoms with Gasteiger partial charge < -0.3 is 9.47 Å². The Morgan fingerprint density at radius 1 is 0.429 bits per heavy atom. The number of ether oxygens (including phenoxy) is 2. The van der Waals surface area contributed by atoms with Crippen molar-refractivity contribution >= 4 is 60.4 Å². The van der Waals surface area contributed by atoms with Crippen LogP contribution in [0.3, 0.4) is 0 Å². The van der Waals surface area contributed by atoms with Crippen molar-refractivity contribution in [2.24, 2.45) is 10.8 Å². The maximum atomic E-state index is 6.66. The van der Waals surface area contributed by atoms with Crippen LogP contribution in [0.4, 0.5) is 0 Å². The number of rotatable bonds is 14.